The number of carbonyl (C=O) groups is 2. The van der Waals surface area contributed by atoms with Crippen LogP contribution in [-0.4, -0.2) is 30.3 Å². The molecule has 4 heteroatoms. The molecule has 0 unspecified atom stereocenters. The average Bonchev–Trinajstić information content (AvgIpc) is 2.61. The van der Waals surface area contributed by atoms with Crippen LogP contribution >= 0.6 is 0 Å². The van der Waals surface area contributed by atoms with Crippen molar-refractivity contribution < 1.29 is 9.59 Å². The van der Waals surface area contributed by atoms with Gasteiger partial charge < -0.3 is 10.2 Å². The van der Waals surface area contributed by atoms with Gasteiger partial charge in [0.25, 0.3) is 0 Å². The van der Waals surface area contributed by atoms with Crippen molar-refractivity contribution in [1.82, 2.24) is 4.90 Å². The highest BCUT2D eigenvalue weighted by molar-refractivity contribution is 6.07. The molecule has 1 atom stereocenters. The number of benzene rings is 1. The van der Waals surface area contributed by atoms with Gasteiger partial charge in [0, 0.05) is 19.3 Å². The van der Waals surface area contributed by atoms with Crippen LogP contribution in [0.2, 0.25) is 0 Å². The summed E-state index contributed by atoms with van der Waals surface area (Å²) in [6, 6.07) is 9.18. The maximum absolute atomic E-state index is 11.8. The van der Waals surface area contributed by atoms with Gasteiger partial charge in [0.15, 0.2) is 0 Å². The second kappa shape index (κ2) is 4.35. The minimum atomic E-state index is -0.523. The van der Waals surface area contributed by atoms with Gasteiger partial charge in [-0.05, 0) is 18.6 Å². The lowest BCUT2D eigenvalue weighted by Crippen LogP contribution is -2.30. The lowest BCUT2D eigenvalue weighted by Gasteiger charge is -2.10. The van der Waals surface area contributed by atoms with Crippen molar-refractivity contribution in [2.45, 2.75) is 6.42 Å². The first-order chi connectivity index (χ1) is 7.68. The number of carbonyl (C=O) groups excluding carboxylic acids is 2. The molecule has 1 saturated heterocycles. The van der Waals surface area contributed by atoms with E-state index in [9.17, 15) is 9.59 Å². The number of nitrogens with one attached hydrogen (secondary N) is 1. The van der Waals surface area contributed by atoms with Crippen molar-refractivity contribution in [2.24, 2.45) is 5.92 Å². The second-order valence-electron chi connectivity index (χ2n) is 3.96. The van der Waals surface area contributed by atoms with Gasteiger partial charge in [-0.15, -0.1) is 0 Å². The Morgan fingerprint density at radius 2 is 2.06 bits per heavy atom. The molecule has 0 spiro atoms. The van der Waals surface area contributed by atoms with Gasteiger partial charge in [-0.2, -0.15) is 0 Å². The normalized spacial score (nSPS) is 19.9. The van der Waals surface area contributed by atoms with Gasteiger partial charge in [0.2, 0.25) is 11.8 Å². The average molecular weight is 218 g/mol. The first kappa shape index (κ1) is 10.7. The molecule has 0 radical (unpaired) electrons. The van der Waals surface area contributed by atoms with Gasteiger partial charge in [0.1, 0.15) is 5.92 Å². The maximum Gasteiger partial charge on any atom is 0.237 e. The molecule has 1 heterocycles. The van der Waals surface area contributed by atoms with E-state index >= 15 is 0 Å². The van der Waals surface area contributed by atoms with E-state index in [1.807, 2.05) is 18.2 Å². The molecule has 0 bridgehead atoms. The van der Waals surface area contributed by atoms with E-state index in [1.165, 1.54) is 0 Å². The van der Waals surface area contributed by atoms with Crippen LogP contribution in [0.5, 0.6) is 0 Å². The van der Waals surface area contributed by atoms with Crippen molar-refractivity contribution in [1.29, 1.82) is 0 Å². The minimum absolute atomic E-state index is 0.0894. The van der Waals surface area contributed by atoms with Gasteiger partial charge in [-0.25, -0.2) is 0 Å². The van der Waals surface area contributed by atoms with Gasteiger partial charge in [-0.3, -0.25) is 9.59 Å². The molecule has 1 N–H and O–H groups in total. The second-order valence-corrected chi connectivity index (χ2v) is 3.96. The minimum Gasteiger partial charge on any atom is -0.345 e. The summed E-state index contributed by atoms with van der Waals surface area (Å²) in [4.78, 5) is 25.0. The van der Waals surface area contributed by atoms with Crippen LogP contribution in [0.4, 0.5) is 5.69 Å². The zero-order valence-electron chi connectivity index (χ0n) is 9.14. The molecule has 1 fully saturated rings. The Balaban J connectivity index is 2.02. The first-order valence-electron chi connectivity index (χ1n) is 5.29. The highest BCUT2D eigenvalue weighted by atomic mass is 16.2. The number of hydrogen-bond donors (Lipinski definition) is 1. The number of nitrogens with zero attached hydrogens (tertiary/aromatic N) is 1. The molecule has 1 aromatic carbocycles. The van der Waals surface area contributed by atoms with Gasteiger partial charge >= 0.3 is 0 Å². The summed E-state index contributed by atoms with van der Waals surface area (Å²) in [6.07, 6.45) is 0.605. The van der Waals surface area contributed by atoms with Crippen molar-refractivity contribution in [3.05, 3.63) is 30.3 Å². The summed E-state index contributed by atoms with van der Waals surface area (Å²) in [5.41, 5.74) is 0.731. The zero-order valence-corrected chi connectivity index (χ0v) is 9.14. The van der Waals surface area contributed by atoms with Crippen LogP contribution in [0.15, 0.2) is 30.3 Å². The van der Waals surface area contributed by atoms with Crippen molar-refractivity contribution in [2.75, 3.05) is 18.9 Å². The molecule has 0 aliphatic carbocycles. The largest absolute Gasteiger partial charge is 0.345 e. The highest BCUT2D eigenvalue weighted by Crippen LogP contribution is 2.18. The third-order valence-electron chi connectivity index (χ3n) is 2.79. The third kappa shape index (κ3) is 2.05. The topological polar surface area (TPSA) is 49.4 Å². The third-order valence-corrected chi connectivity index (χ3v) is 2.79. The van der Waals surface area contributed by atoms with Crippen molar-refractivity contribution in [3.8, 4) is 0 Å². The Labute approximate surface area is 94.2 Å². The SMILES string of the molecule is CN1CC[C@H](C(=O)Nc2ccccc2)C1=O. The van der Waals surface area contributed by atoms with E-state index in [2.05, 4.69) is 5.32 Å². The van der Waals surface area contributed by atoms with Crippen LogP contribution in [0.1, 0.15) is 6.42 Å². The van der Waals surface area contributed by atoms with E-state index in [0.717, 1.165) is 5.69 Å². The predicted molar refractivity (Wildman–Crippen MR) is 60.8 cm³/mol. The molecule has 4 nitrogen and oxygen atoms in total. The van der Waals surface area contributed by atoms with E-state index in [-0.39, 0.29) is 11.8 Å². The zero-order chi connectivity index (χ0) is 11.5. The highest BCUT2D eigenvalue weighted by Gasteiger charge is 2.34. The lowest BCUT2D eigenvalue weighted by molar-refractivity contribution is -0.134. The summed E-state index contributed by atoms with van der Waals surface area (Å²) in [5.74, 6) is -0.820. The number of anilines is 1. The Kier molecular flexibility index (Phi) is 2.90. The summed E-state index contributed by atoms with van der Waals surface area (Å²) >= 11 is 0. The van der Waals surface area contributed by atoms with Crippen molar-refractivity contribution in [3.63, 3.8) is 0 Å². The predicted octanol–water partition coefficient (Wildman–Crippen LogP) is 1.10. The van der Waals surface area contributed by atoms with E-state index in [0.29, 0.717) is 13.0 Å². The molecular weight excluding hydrogens is 204 g/mol. The molecule has 16 heavy (non-hydrogen) atoms. The molecule has 2 amide bonds. The number of amides is 2. The van der Waals surface area contributed by atoms with Crippen LogP contribution in [0, 0.1) is 5.92 Å². The van der Waals surface area contributed by atoms with E-state index < -0.39 is 5.92 Å². The summed E-state index contributed by atoms with van der Waals surface area (Å²) in [6.45, 7) is 0.658. The summed E-state index contributed by atoms with van der Waals surface area (Å²) in [5, 5.41) is 2.75. The summed E-state index contributed by atoms with van der Waals surface area (Å²) < 4.78 is 0. The molecule has 1 aliphatic rings. The fraction of sp³-hybridized carbons (Fsp3) is 0.333. The maximum atomic E-state index is 11.8. The van der Waals surface area contributed by atoms with E-state index in [4.69, 9.17) is 0 Å². The number of para-hydroxylation sites is 1. The number of likely N-dealkylation sites (tertiary alicyclic amines) is 1. The molecule has 2 rings (SSSR count). The number of rotatable bonds is 2. The smallest absolute Gasteiger partial charge is 0.237 e. The van der Waals surface area contributed by atoms with Crippen LogP contribution in [0.3, 0.4) is 0 Å². The first-order valence-corrected chi connectivity index (χ1v) is 5.29. The fourth-order valence-corrected chi connectivity index (χ4v) is 1.82. The Morgan fingerprint density at radius 3 is 2.62 bits per heavy atom. The van der Waals surface area contributed by atoms with Crippen LogP contribution in [0.25, 0.3) is 0 Å². The molecule has 0 aromatic heterocycles. The standard InChI is InChI=1S/C12H14N2O2/c1-14-8-7-10(12(14)16)11(15)13-9-5-3-2-4-6-9/h2-6,10H,7-8H2,1H3,(H,13,15)/t10-/m1/s1. The number of hydrogen-bond acceptors (Lipinski definition) is 2. The quantitative estimate of drug-likeness (QED) is 0.756. The molecule has 1 aromatic rings. The lowest BCUT2D eigenvalue weighted by atomic mass is 10.1. The Morgan fingerprint density at radius 1 is 1.38 bits per heavy atom. The Bertz CT molecular complexity index is 403. The van der Waals surface area contributed by atoms with E-state index in [1.54, 1.807) is 24.1 Å². The molecule has 0 saturated carbocycles. The Hall–Kier alpha value is -1.84. The molecular formula is C12H14N2O2. The van der Waals surface area contributed by atoms with Crippen LogP contribution in [-0.2, 0) is 9.59 Å². The van der Waals surface area contributed by atoms with Crippen LogP contribution < -0.4 is 5.32 Å². The molecule has 84 valence electrons. The van der Waals surface area contributed by atoms with Gasteiger partial charge in [0.05, 0.1) is 0 Å². The van der Waals surface area contributed by atoms with Gasteiger partial charge in [-0.1, -0.05) is 18.2 Å². The summed E-state index contributed by atoms with van der Waals surface area (Å²) in [7, 11) is 1.72. The monoisotopic (exact) mass is 218 g/mol. The fourth-order valence-electron chi connectivity index (χ4n) is 1.82. The van der Waals surface area contributed by atoms with Crippen molar-refractivity contribution >= 4 is 17.5 Å². The molecule has 1 aliphatic heterocycles.